The van der Waals surface area contributed by atoms with Crippen molar-refractivity contribution in [1.82, 2.24) is 19.5 Å². The highest BCUT2D eigenvalue weighted by Gasteiger charge is 2.23. The fourth-order valence-electron chi connectivity index (χ4n) is 7.60. The van der Waals surface area contributed by atoms with Gasteiger partial charge in [-0.25, -0.2) is 4.98 Å². The summed E-state index contributed by atoms with van der Waals surface area (Å²) in [6.07, 6.45) is 0. The Morgan fingerprint density at radius 2 is 1.04 bits per heavy atom. The first-order valence-corrected chi connectivity index (χ1v) is 16.9. The summed E-state index contributed by atoms with van der Waals surface area (Å²) in [7, 11) is 0. The van der Waals surface area contributed by atoms with Gasteiger partial charge >= 0.3 is 0 Å². The molecule has 11 rings (SSSR count). The van der Waals surface area contributed by atoms with E-state index in [1.54, 1.807) is 0 Å². The Balaban J connectivity index is 1.25. The van der Waals surface area contributed by atoms with Crippen molar-refractivity contribution in [3.8, 4) is 39.9 Å². The number of furan rings is 2. The van der Waals surface area contributed by atoms with Crippen LogP contribution in [0.1, 0.15) is 0 Å². The summed E-state index contributed by atoms with van der Waals surface area (Å²) in [6, 6.07) is 53.8. The maximum absolute atomic E-state index is 6.43. The van der Waals surface area contributed by atoms with Crippen LogP contribution in [-0.2, 0) is 0 Å². The van der Waals surface area contributed by atoms with Gasteiger partial charge < -0.3 is 8.83 Å². The van der Waals surface area contributed by atoms with Crippen molar-refractivity contribution in [2.75, 3.05) is 0 Å². The molecule has 51 heavy (non-hydrogen) atoms. The zero-order valence-electron chi connectivity index (χ0n) is 27.1. The molecule has 0 saturated heterocycles. The van der Waals surface area contributed by atoms with Gasteiger partial charge in [-0.3, -0.25) is 4.57 Å². The van der Waals surface area contributed by atoms with Gasteiger partial charge in [0, 0.05) is 38.1 Å². The van der Waals surface area contributed by atoms with Gasteiger partial charge in [-0.05, 0) is 53.6 Å². The first-order chi connectivity index (χ1) is 25.3. The lowest BCUT2D eigenvalue weighted by atomic mass is 10.0. The molecule has 0 unspecified atom stereocenters. The van der Waals surface area contributed by atoms with Gasteiger partial charge in [0.25, 0.3) is 0 Å². The largest absolute Gasteiger partial charge is 0.456 e. The summed E-state index contributed by atoms with van der Waals surface area (Å²) < 4.78 is 15.0. The molecule has 6 nitrogen and oxygen atoms in total. The topological polar surface area (TPSA) is 69.9 Å². The monoisotopic (exact) mass is 654 g/mol. The highest BCUT2D eigenvalue weighted by molar-refractivity contribution is 6.24. The molecule has 0 atom stereocenters. The Hall–Kier alpha value is -7.05. The first-order valence-electron chi connectivity index (χ1n) is 16.9. The van der Waals surface area contributed by atoms with Crippen LogP contribution in [0.2, 0.25) is 0 Å². The highest BCUT2D eigenvalue weighted by Crippen LogP contribution is 2.42. The second-order valence-electron chi connectivity index (χ2n) is 12.8. The van der Waals surface area contributed by atoms with E-state index in [0.29, 0.717) is 17.6 Å². The Morgan fingerprint density at radius 3 is 1.88 bits per heavy atom. The summed E-state index contributed by atoms with van der Waals surface area (Å²) in [5.74, 6) is 1.67. The zero-order valence-corrected chi connectivity index (χ0v) is 27.1. The molecule has 4 heterocycles. The summed E-state index contributed by atoms with van der Waals surface area (Å²) in [5.41, 5.74) is 9.27. The van der Waals surface area contributed by atoms with Crippen LogP contribution in [0.4, 0.5) is 0 Å². The average molecular weight is 655 g/mol. The third-order valence-electron chi connectivity index (χ3n) is 9.87. The van der Waals surface area contributed by atoms with Crippen LogP contribution in [0.25, 0.3) is 106 Å². The molecular formula is C45H26N4O2. The first kappa shape index (κ1) is 27.9. The molecule has 7 aromatic carbocycles. The van der Waals surface area contributed by atoms with Crippen LogP contribution in [0.15, 0.2) is 167 Å². The number of aromatic nitrogens is 4. The van der Waals surface area contributed by atoms with Gasteiger partial charge in [0.2, 0.25) is 5.95 Å². The maximum Gasteiger partial charge on any atom is 0.238 e. The summed E-state index contributed by atoms with van der Waals surface area (Å²) in [4.78, 5) is 15.7. The molecule has 0 radical (unpaired) electrons. The quantitative estimate of drug-likeness (QED) is 0.189. The predicted octanol–water partition coefficient (Wildman–Crippen LogP) is 11.8. The molecule has 0 bridgehead atoms. The second kappa shape index (κ2) is 10.7. The molecule has 6 heteroatoms. The Morgan fingerprint density at radius 1 is 0.392 bits per heavy atom. The number of rotatable bonds is 4. The fraction of sp³-hybridized carbons (Fsp3) is 0. The Labute approximate surface area is 290 Å². The van der Waals surface area contributed by atoms with Crippen molar-refractivity contribution >= 4 is 65.7 Å². The van der Waals surface area contributed by atoms with E-state index in [4.69, 9.17) is 23.8 Å². The molecule has 0 aliphatic rings. The molecule has 0 aliphatic carbocycles. The van der Waals surface area contributed by atoms with E-state index in [-0.39, 0.29) is 0 Å². The lowest BCUT2D eigenvalue weighted by Gasteiger charge is -2.12. The molecular weight excluding hydrogens is 629 g/mol. The van der Waals surface area contributed by atoms with Crippen LogP contribution < -0.4 is 0 Å². The van der Waals surface area contributed by atoms with Crippen LogP contribution in [0.5, 0.6) is 0 Å². The molecule has 0 N–H and O–H groups in total. The third-order valence-corrected chi connectivity index (χ3v) is 9.87. The van der Waals surface area contributed by atoms with Gasteiger partial charge in [0.05, 0.1) is 16.4 Å². The second-order valence-corrected chi connectivity index (χ2v) is 12.8. The standard InChI is InChI=1S/C45H26N4O2/c1-3-12-27(13-4-1)29-22-24-37-34(26-29)40-33(18-11-21-38(40)51-37)44-46-43(28-14-5-2-6-15-28)47-45(48-44)49-35-19-9-7-16-30(35)31-23-25-39-41(42(31)49)32-17-8-10-20-36(32)50-39/h1-26H. The van der Waals surface area contributed by atoms with Gasteiger partial charge in [-0.1, -0.05) is 115 Å². The zero-order chi connectivity index (χ0) is 33.5. The predicted molar refractivity (Wildman–Crippen MR) is 205 cm³/mol. The minimum atomic E-state index is 0.526. The number of fused-ring (bicyclic) bond motifs is 10. The normalized spacial score (nSPS) is 11.9. The smallest absolute Gasteiger partial charge is 0.238 e. The molecule has 0 saturated carbocycles. The molecule has 0 fully saturated rings. The van der Waals surface area contributed by atoms with E-state index < -0.39 is 0 Å². The lowest BCUT2D eigenvalue weighted by Crippen LogP contribution is -2.06. The van der Waals surface area contributed by atoms with Crippen LogP contribution in [0.3, 0.4) is 0 Å². The SMILES string of the molecule is c1ccc(-c2ccc3oc4cccc(-c5nc(-c6ccccc6)nc(-n6c7ccccc7c7ccc8oc9ccccc9c8c76)n5)c4c3c2)cc1. The average Bonchev–Trinajstić information content (AvgIpc) is 3.87. The van der Waals surface area contributed by atoms with E-state index in [9.17, 15) is 0 Å². The van der Waals surface area contributed by atoms with Gasteiger partial charge in [-0.15, -0.1) is 0 Å². The third kappa shape index (κ3) is 4.20. The summed E-state index contributed by atoms with van der Waals surface area (Å²) >= 11 is 0. The van der Waals surface area contributed by atoms with Crippen molar-refractivity contribution in [2.24, 2.45) is 0 Å². The minimum Gasteiger partial charge on any atom is -0.456 e. The number of para-hydroxylation sites is 2. The van der Waals surface area contributed by atoms with E-state index >= 15 is 0 Å². The van der Waals surface area contributed by atoms with Gasteiger partial charge in [0.15, 0.2) is 11.6 Å². The van der Waals surface area contributed by atoms with Crippen molar-refractivity contribution in [3.63, 3.8) is 0 Å². The van der Waals surface area contributed by atoms with Crippen molar-refractivity contribution < 1.29 is 8.83 Å². The molecule has 0 aliphatic heterocycles. The van der Waals surface area contributed by atoms with Crippen LogP contribution in [0, 0.1) is 0 Å². The maximum atomic E-state index is 6.43. The molecule has 238 valence electrons. The fourth-order valence-corrected chi connectivity index (χ4v) is 7.60. The van der Waals surface area contributed by atoms with E-state index in [1.165, 1.54) is 0 Å². The number of nitrogens with zero attached hydrogens (tertiary/aromatic N) is 4. The number of benzene rings is 7. The van der Waals surface area contributed by atoms with E-state index in [0.717, 1.165) is 87.9 Å². The van der Waals surface area contributed by atoms with Gasteiger partial charge in [0.1, 0.15) is 22.3 Å². The van der Waals surface area contributed by atoms with E-state index in [2.05, 4.69) is 95.6 Å². The highest BCUT2D eigenvalue weighted by atomic mass is 16.3. The van der Waals surface area contributed by atoms with Crippen molar-refractivity contribution in [1.29, 1.82) is 0 Å². The van der Waals surface area contributed by atoms with Crippen LogP contribution >= 0.6 is 0 Å². The molecule has 0 amide bonds. The lowest BCUT2D eigenvalue weighted by molar-refractivity contribution is 0.668. The Bertz CT molecular complexity index is 3140. The summed E-state index contributed by atoms with van der Waals surface area (Å²) in [5, 5.41) is 6.26. The van der Waals surface area contributed by atoms with E-state index in [1.807, 2.05) is 66.7 Å². The summed E-state index contributed by atoms with van der Waals surface area (Å²) in [6.45, 7) is 0. The molecule has 11 aromatic rings. The number of hydrogen-bond acceptors (Lipinski definition) is 5. The van der Waals surface area contributed by atoms with Crippen LogP contribution in [-0.4, -0.2) is 19.5 Å². The van der Waals surface area contributed by atoms with Crippen molar-refractivity contribution in [2.45, 2.75) is 0 Å². The Kier molecular flexibility index (Phi) is 5.86. The number of hydrogen-bond donors (Lipinski definition) is 0. The molecule has 0 spiro atoms. The van der Waals surface area contributed by atoms with Gasteiger partial charge in [-0.2, -0.15) is 9.97 Å². The minimum absolute atomic E-state index is 0.526. The molecule has 4 aromatic heterocycles. The van der Waals surface area contributed by atoms with Crippen molar-refractivity contribution in [3.05, 3.63) is 158 Å².